The number of rotatable bonds is 5. The average Bonchev–Trinajstić information content (AvgIpc) is 2.77. The van der Waals surface area contributed by atoms with Crippen LogP contribution < -0.4 is 25.6 Å². The molecule has 0 saturated heterocycles. The summed E-state index contributed by atoms with van der Waals surface area (Å²) in [6.07, 6.45) is 0. The molecular formula is C21H18BrN3O4S. The van der Waals surface area contributed by atoms with Gasteiger partial charge in [0.1, 0.15) is 11.5 Å². The highest BCUT2D eigenvalue weighted by atomic mass is 79.9. The zero-order chi connectivity index (χ0) is 21.5. The normalized spacial score (nSPS) is 10.2. The van der Waals surface area contributed by atoms with Crippen LogP contribution in [0.1, 0.15) is 10.4 Å². The molecule has 0 aliphatic rings. The molecule has 30 heavy (non-hydrogen) atoms. The fourth-order valence-corrected chi connectivity index (χ4v) is 3.33. The van der Waals surface area contributed by atoms with Crippen molar-refractivity contribution in [3.8, 4) is 11.5 Å². The first-order valence-corrected chi connectivity index (χ1v) is 10.0. The molecule has 0 aliphatic carbocycles. The van der Waals surface area contributed by atoms with Gasteiger partial charge in [-0.2, -0.15) is 0 Å². The van der Waals surface area contributed by atoms with Gasteiger partial charge in [0.25, 0.3) is 11.8 Å². The Morgan fingerprint density at radius 2 is 1.73 bits per heavy atom. The van der Waals surface area contributed by atoms with Gasteiger partial charge in [0.2, 0.25) is 0 Å². The SMILES string of the molecule is COc1ccc(C(=O)NC(=S)NNC(=O)COc2ccc3ccccc3c2Br)cc1. The number of carbonyl (C=O) groups excluding carboxylic acids is 2. The highest BCUT2D eigenvalue weighted by Gasteiger charge is 2.11. The van der Waals surface area contributed by atoms with Crippen LogP contribution in [-0.2, 0) is 4.79 Å². The van der Waals surface area contributed by atoms with Crippen molar-refractivity contribution >= 4 is 55.8 Å². The van der Waals surface area contributed by atoms with Crippen LogP contribution in [-0.4, -0.2) is 30.6 Å². The fraction of sp³-hybridized carbons (Fsp3) is 0.0952. The minimum absolute atomic E-state index is 0.0453. The van der Waals surface area contributed by atoms with Gasteiger partial charge in [-0.3, -0.25) is 25.8 Å². The molecule has 3 rings (SSSR count). The lowest BCUT2D eigenvalue weighted by atomic mass is 10.1. The number of amides is 2. The van der Waals surface area contributed by atoms with Gasteiger partial charge in [-0.25, -0.2) is 0 Å². The molecule has 0 aliphatic heterocycles. The Labute approximate surface area is 186 Å². The van der Waals surface area contributed by atoms with Crippen LogP contribution in [0.5, 0.6) is 11.5 Å². The van der Waals surface area contributed by atoms with Crippen LogP contribution >= 0.6 is 28.1 Å². The molecule has 0 radical (unpaired) electrons. The number of hydrogen-bond acceptors (Lipinski definition) is 5. The van der Waals surface area contributed by atoms with Crippen LogP contribution in [0.3, 0.4) is 0 Å². The van der Waals surface area contributed by atoms with E-state index < -0.39 is 11.8 Å². The van der Waals surface area contributed by atoms with E-state index in [9.17, 15) is 9.59 Å². The third-order valence-electron chi connectivity index (χ3n) is 4.08. The highest BCUT2D eigenvalue weighted by Crippen LogP contribution is 2.32. The van der Waals surface area contributed by atoms with Gasteiger partial charge in [0.15, 0.2) is 11.7 Å². The molecule has 3 aromatic rings. The molecule has 0 spiro atoms. The molecule has 154 valence electrons. The van der Waals surface area contributed by atoms with E-state index in [1.54, 1.807) is 37.4 Å². The summed E-state index contributed by atoms with van der Waals surface area (Å²) in [5.74, 6) is 0.300. The Morgan fingerprint density at radius 3 is 2.47 bits per heavy atom. The minimum Gasteiger partial charge on any atom is -0.497 e. The monoisotopic (exact) mass is 487 g/mol. The van der Waals surface area contributed by atoms with E-state index in [1.165, 1.54) is 0 Å². The van der Waals surface area contributed by atoms with Gasteiger partial charge in [-0.1, -0.05) is 30.3 Å². The second-order valence-electron chi connectivity index (χ2n) is 6.07. The summed E-state index contributed by atoms with van der Waals surface area (Å²) in [5, 5.41) is 4.46. The molecular weight excluding hydrogens is 470 g/mol. The molecule has 2 amide bonds. The Morgan fingerprint density at radius 1 is 1.00 bits per heavy atom. The second-order valence-corrected chi connectivity index (χ2v) is 7.27. The zero-order valence-corrected chi connectivity index (χ0v) is 18.3. The smallest absolute Gasteiger partial charge is 0.276 e. The molecule has 0 saturated carbocycles. The topological polar surface area (TPSA) is 88.7 Å². The van der Waals surface area contributed by atoms with E-state index in [0.717, 1.165) is 15.2 Å². The zero-order valence-electron chi connectivity index (χ0n) is 15.9. The van der Waals surface area contributed by atoms with Gasteiger partial charge in [0, 0.05) is 5.56 Å². The lowest BCUT2D eigenvalue weighted by molar-refractivity contribution is -0.123. The molecule has 0 fully saturated rings. The summed E-state index contributed by atoms with van der Waals surface area (Å²) in [6.45, 7) is -0.237. The van der Waals surface area contributed by atoms with Gasteiger partial charge < -0.3 is 9.47 Å². The number of ether oxygens (including phenoxy) is 2. The summed E-state index contributed by atoms with van der Waals surface area (Å²) in [4.78, 5) is 24.2. The van der Waals surface area contributed by atoms with E-state index in [-0.39, 0.29) is 11.7 Å². The lowest BCUT2D eigenvalue weighted by Crippen LogP contribution is -2.49. The van der Waals surface area contributed by atoms with Crippen molar-refractivity contribution in [2.24, 2.45) is 0 Å². The van der Waals surface area contributed by atoms with Crippen molar-refractivity contribution < 1.29 is 19.1 Å². The molecule has 0 atom stereocenters. The first-order valence-electron chi connectivity index (χ1n) is 8.82. The predicted molar refractivity (Wildman–Crippen MR) is 121 cm³/mol. The molecule has 0 aromatic heterocycles. The van der Waals surface area contributed by atoms with Crippen molar-refractivity contribution in [2.45, 2.75) is 0 Å². The number of methoxy groups -OCH3 is 1. The van der Waals surface area contributed by atoms with E-state index >= 15 is 0 Å². The number of thiocarbonyl (C=S) groups is 1. The number of carbonyl (C=O) groups is 2. The summed E-state index contributed by atoms with van der Waals surface area (Å²) in [7, 11) is 1.54. The molecule has 3 N–H and O–H groups in total. The van der Waals surface area contributed by atoms with Crippen molar-refractivity contribution in [1.29, 1.82) is 0 Å². The van der Waals surface area contributed by atoms with E-state index in [2.05, 4.69) is 32.1 Å². The third kappa shape index (κ3) is 5.46. The number of benzene rings is 3. The molecule has 0 unspecified atom stereocenters. The number of fused-ring (bicyclic) bond motifs is 1. The largest absolute Gasteiger partial charge is 0.497 e. The van der Waals surface area contributed by atoms with E-state index in [1.807, 2.05) is 30.3 Å². The quantitative estimate of drug-likeness (QED) is 0.377. The molecule has 9 heteroatoms. The van der Waals surface area contributed by atoms with Crippen molar-refractivity contribution in [1.82, 2.24) is 16.2 Å². The number of halogens is 1. The number of nitrogens with one attached hydrogen (secondary N) is 3. The lowest BCUT2D eigenvalue weighted by Gasteiger charge is -2.13. The first-order chi connectivity index (χ1) is 14.5. The minimum atomic E-state index is -0.462. The van der Waals surface area contributed by atoms with Crippen LogP contribution in [0.15, 0.2) is 65.1 Å². The molecule has 7 nitrogen and oxygen atoms in total. The highest BCUT2D eigenvalue weighted by molar-refractivity contribution is 9.10. The summed E-state index contributed by atoms with van der Waals surface area (Å²) >= 11 is 8.52. The maximum atomic E-state index is 12.1. The Kier molecular flexibility index (Phi) is 7.21. The molecule has 3 aromatic carbocycles. The fourth-order valence-electron chi connectivity index (χ4n) is 2.58. The summed E-state index contributed by atoms with van der Waals surface area (Å²) in [5.41, 5.74) is 5.25. The van der Waals surface area contributed by atoms with Crippen molar-refractivity contribution in [2.75, 3.05) is 13.7 Å². The van der Waals surface area contributed by atoms with Crippen LogP contribution in [0.25, 0.3) is 10.8 Å². The standard InChI is InChI=1S/C21H18BrN3O4S/c1-28-15-9-6-14(7-10-15)20(27)23-21(30)25-24-18(26)12-29-17-11-8-13-4-2-3-5-16(13)19(17)22/h2-11H,12H2,1H3,(H,24,26)(H2,23,25,27,30). The Hall–Kier alpha value is -3.17. The summed E-state index contributed by atoms with van der Waals surface area (Å²) in [6, 6.07) is 18.0. The van der Waals surface area contributed by atoms with E-state index in [4.69, 9.17) is 21.7 Å². The summed E-state index contributed by atoms with van der Waals surface area (Å²) < 4.78 is 11.4. The Bertz CT molecular complexity index is 1090. The van der Waals surface area contributed by atoms with Gasteiger partial charge >= 0.3 is 0 Å². The maximum absolute atomic E-state index is 12.1. The number of hydrogen-bond donors (Lipinski definition) is 3. The molecule has 0 bridgehead atoms. The third-order valence-corrected chi connectivity index (χ3v) is 5.10. The van der Waals surface area contributed by atoms with Crippen molar-refractivity contribution in [3.05, 3.63) is 70.7 Å². The average molecular weight is 488 g/mol. The van der Waals surface area contributed by atoms with Crippen LogP contribution in [0, 0.1) is 0 Å². The predicted octanol–water partition coefficient (Wildman–Crippen LogP) is 3.33. The van der Waals surface area contributed by atoms with Gasteiger partial charge in [-0.15, -0.1) is 0 Å². The van der Waals surface area contributed by atoms with Crippen LogP contribution in [0.4, 0.5) is 0 Å². The second kappa shape index (κ2) is 10.0. The maximum Gasteiger partial charge on any atom is 0.276 e. The van der Waals surface area contributed by atoms with E-state index in [0.29, 0.717) is 17.1 Å². The number of hydrazine groups is 1. The van der Waals surface area contributed by atoms with Crippen molar-refractivity contribution in [3.63, 3.8) is 0 Å². The Balaban J connectivity index is 1.46. The van der Waals surface area contributed by atoms with Gasteiger partial charge in [-0.05, 0) is 69.3 Å². The van der Waals surface area contributed by atoms with Gasteiger partial charge in [0.05, 0.1) is 11.6 Å². The molecule has 0 heterocycles. The first kappa shape index (κ1) is 21.5. The van der Waals surface area contributed by atoms with Crippen LogP contribution in [0.2, 0.25) is 0 Å².